The van der Waals surface area contributed by atoms with E-state index in [0.29, 0.717) is 18.0 Å². The van der Waals surface area contributed by atoms with Gasteiger partial charge in [-0.3, -0.25) is 14.3 Å². The lowest BCUT2D eigenvalue weighted by molar-refractivity contribution is 0.267. The van der Waals surface area contributed by atoms with E-state index in [9.17, 15) is 9.59 Å². The molecule has 0 spiro atoms. The van der Waals surface area contributed by atoms with Gasteiger partial charge in [0, 0.05) is 12.1 Å². The first-order valence-corrected chi connectivity index (χ1v) is 7.36. The summed E-state index contributed by atoms with van der Waals surface area (Å²) in [7, 11) is 0. The Morgan fingerprint density at radius 1 is 1.26 bits per heavy atom. The van der Waals surface area contributed by atoms with Crippen molar-refractivity contribution in [1.82, 2.24) is 9.55 Å². The number of H-pyrrole nitrogens is 1. The lowest BCUT2D eigenvalue weighted by Crippen LogP contribution is -2.37. The average Bonchev–Trinajstić information content (AvgIpc) is 2.38. The van der Waals surface area contributed by atoms with Crippen LogP contribution in [-0.2, 0) is 6.54 Å². The SMILES string of the molecule is Cc1c(Cl)[nH]c(=O)n(CCC2CCC(C)CC2)c1=O. The van der Waals surface area contributed by atoms with Crippen LogP contribution >= 0.6 is 11.6 Å². The van der Waals surface area contributed by atoms with Crippen molar-refractivity contribution < 1.29 is 0 Å². The predicted molar refractivity (Wildman–Crippen MR) is 76.8 cm³/mol. The van der Waals surface area contributed by atoms with Gasteiger partial charge in [-0.15, -0.1) is 0 Å². The van der Waals surface area contributed by atoms with Crippen LogP contribution in [-0.4, -0.2) is 9.55 Å². The maximum Gasteiger partial charge on any atom is 0.329 e. The second-order valence-electron chi connectivity index (χ2n) is 5.74. The Kier molecular flexibility index (Phi) is 4.50. The van der Waals surface area contributed by atoms with Gasteiger partial charge in [-0.1, -0.05) is 44.2 Å². The Hall–Kier alpha value is -1.03. The molecule has 0 radical (unpaired) electrons. The summed E-state index contributed by atoms with van der Waals surface area (Å²) in [5, 5.41) is 0.151. The fraction of sp³-hybridized carbons (Fsp3) is 0.714. The predicted octanol–water partition coefficient (Wildman–Crippen LogP) is 2.71. The summed E-state index contributed by atoms with van der Waals surface area (Å²) in [5.41, 5.74) is -0.249. The molecule has 1 fully saturated rings. The Morgan fingerprint density at radius 3 is 2.53 bits per heavy atom. The molecule has 0 aliphatic heterocycles. The van der Waals surface area contributed by atoms with Gasteiger partial charge in [-0.2, -0.15) is 0 Å². The summed E-state index contributed by atoms with van der Waals surface area (Å²) < 4.78 is 1.28. The first kappa shape index (κ1) is 14.4. The highest BCUT2D eigenvalue weighted by Gasteiger charge is 2.18. The van der Waals surface area contributed by atoms with E-state index in [2.05, 4.69) is 11.9 Å². The fourth-order valence-electron chi connectivity index (χ4n) is 2.78. The molecule has 1 aromatic rings. The van der Waals surface area contributed by atoms with Crippen molar-refractivity contribution in [3.8, 4) is 0 Å². The van der Waals surface area contributed by atoms with Crippen LogP contribution in [0.15, 0.2) is 9.59 Å². The van der Waals surface area contributed by atoms with Crippen LogP contribution in [0.4, 0.5) is 0 Å². The summed E-state index contributed by atoms with van der Waals surface area (Å²) in [6.07, 6.45) is 5.84. The number of aromatic amines is 1. The second-order valence-corrected chi connectivity index (χ2v) is 6.12. The molecule has 0 amide bonds. The van der Waals surface area contributed by atoms with Gasteiger partial charge in [0.05, 0.1) is 0 Å². The third kappa shape index (κ3) is 3.30. The van der Waals surface area contributed by atoms with Gasteiger partial charge >= 0.3 is 5.69 Å². The van der Waals surface area contributed by atoms with E-state index >= 15 is 0 Å². The number of rotatable bonds is 3. The quantitative estimate of drug-likeness (QED) is 0.868. The molecule has 1 N–H and O–H groups in total. The van der Waals surface area contributed by atoms with E-state index in [1.54, 1.807) is 6.92 Å². The number of nitrogens with one attached hydrogen (secondary N) is 1. The first-order valence-electron chi connectivity index (χ1n) is 6.98. The van der Waals surface area contributed by atoms with E-state index in [-0.39, 0.29) is 10.7 Å². The molecule has 1 aliphatic rings. The van der Waals surface area contributed by atoms with Crippen molar-refractivity contribution in [3.05, 3.63) is 31.6 Å². The summed E-state index contributed by atoms with van der Waals surface area (Å²) >= 11 is 5.79. The monoisotopic (exact) mass is 284 g/mol. The van der Waals surface area contributed by atoms with Gasteiger partial charge < -0.3 is 0 Å². The minimum Gasteiger partial charge on any atom is -0.297 e. The minimum absolute atomic E-state index is 0.151. The highest BCUT2D eigenvalue weighted by Crippen LogP contribution is 2.30. The topological polar surface area (TPSA) is 54.9 Å². The summed E-state index contributed by atoms with van der Waals surface area (Å²) in [5.74, 6) is 1.46. The fourth-order valence-corrected chi connectivity index (χ4v) is 2.94. The number of nitrogens with zero attached hydrogens (tertiary/aromatic N) is 1. The molecule has 0 atom stereocenters. The van der Waals surface area contributed by atoms with E-state index in [1.807, 2.05) is 0 Å². The number of hydrogen-bond donors (Lipinski definition) is 1. The number of hydrogen-bond acceptors (Lipinski definition) is 2. The third-order valence-corrected chi connectivity index (χ3v) is 4.63. The van der Waals surface area contributed by atoms with Crippen molar-refractivity contribution in [2.75, 3.05) is 0 Å². The molecule has 106 valence electrons. The van der Waals surface area contributed by atoms with Gasteiger partial charge in [0.25, 0.3) is 5.56 Å². The molecule has 4 nitrogen and oxygen atoms in total. The minimum atomic E-state index is -0.398. The molecule has 1 aromatic heterocycles. The normalized spacial score (nSPS) is 23.5. The van der Waals surface area contributed by atoms with Crippen LogP contribution in [0.3, 0.4) is 0 Å². The molecule has 1 aliphatic carbocycles. The van der Waals surface area contributed by atoms with E-state index in [0.717, 1.165) is 12.3 Å². The van der Waals surface area contributed by atoms with Crippen molar-refractivity contribution in [1.29, 1.82) is 0 Å². The maximum absolute atomic E-state index is 12.0. The molecule has 19 heavy (non-hydrogen) atoms. The molecular formula is C14H21ClN2O2. The lowest BCUT2D eigenvalue weighted by Gasteiger charge is -2.26. The molecule has 0 saturated heterocycles. The molecule has 0 aromatic carbocycles. The summed E-state index contributed by atoms with van der Waals surface area (Å²) in [6, 6.07) is 0. The zero-order valence-corrected chi connectivity index (χ0v) is 12.3. The van der Waals surface area contributed by atoms with Crippen LogP contribution in [0.25, 0.3) is 0 Å². The van der Waals surface area contributed by atoms with E-state index in [4.69, 9.17) is 11.6 Å². The summed E-state index contributed by atoms with van der Waals surface area (Å²) in [4.78, 5) is 26.3. The van der Waals surface area contributed by atoms with Crippen LogP contribution < -0.4 is 11.2 Å². The Balaban J connectivity index is 2.06. The molecule has 2 rings (SSSR count). The van der Waals surface area contributed by atoms with Crippen molar-refractivity contribution in [2.24, 2.45) is 11.8 Å². The van der Waals surface area contributed by atoms with Gasteiger partial charge in [0.15, 0.2) is 0 Å². The number of aromatic nitrogens is 2. The molecule has 1 heterocycles. The Morgan fingerprint density at radius 2 is 1.89 bits per heavy atom. The van der Waals surface area contributed by atoms with Crippen molar-refractivity contribution in [2.45, 2.75) is 52.5 Å². The van der Waals surface area contributed by atoms with Gasteiger partial charge in [0.2, 0.25) is 0 Å². The molecular weight excluding hydrogens is 264 g/mol. The maximum atomic E-state index is 12.0. The lowest BCUT2D eigenvalue weighted by atomic mass is 9.81. The van der Waals surface area contributed by atoms with Gasteiger partial charge in [-0.25, -0.2) is 4.79 Å². The van der Waals surface area contributed by atoms with Crippen LogP contribution in [0.5, 0.6) is 0 Å². The third-order valence-electron chi connectivity index (χ3n) is 4.25. The first-order chi connectivity index (χ1) is 8.99. The second kappa shape index (κ2) is 5.95. The zero-order chi connectivity index (χ0) is 14.0. The van der Waals surface area contributed by atoms with Gasteiger partial charge in [-0.05, 0) is 25.2 Å². The Bertz CT molecular complexity index is 554. The van der Waals surface area contributed by atoms with Crippen LogP contribution in [0.1, 0.15) is 44.6 Å². The smallest absolute Gasteiger partial charge is 0.297 e. The van der Waals surface area contributed by atoms with E-state index < -0.39 is 5.69 Å². The highest BCUT2D eigenvalue weighted by atomic mass is 35.5. The van der Waals surface area contributed by atoms with Crippen LogP contribution in [0, 0.1) is 18.8 Å². The molecule has 5 heteroatoms. The standard InChI is InChI=1S/C14H21ClN2O2/c1-9-3-5-11(6-4-9)7-8-17-13(18)10(2)12(15)16-14(17)19/h9,11H,3-8H2,1-2H3,(H,16,19). The average molecular weight is 285 g/mol. The molecule has 0 unspecified atom stereocenters. The summed E-state index contributed by atoms with van der Waals surface area (Å²) in [6.45, 7) is 4.42. The van der Waals surface area contributed by atoms with Crippen molar-refractivity contribution >= 4 is 11.6 Å². The van der Waals surface area contributed by atoms with Gasteiger partial charge in [0.1, 0.15) is 5.15 Å². The molecule has 1 saturated carbocycles. The highest BCUT2D eigenvalue weighted by molar-refractivity contribution is 6.30. The molecule has 0 bridgehead atoms. The van der Waals surface area contributed by atoms with Crippen LogP contribution in [0.2, 0.25) is 5.15 Å². The number of halogens is 1. The largest absolute Gasteiger partial charge is 0.329 e. The Labute approximate surface area is 117 Å². The van der Waals surface area contributed by atoms with E-state index in [1.165, 1.54) is 30.3 Å². The zero-order valence-electron chi connectivity index (χ0n) is 11.5. The van der Waals surface area contributed by atoms with Crippen molar-refractivity contribution in [3.63, 3.8) is 0 Å².